The predicted molar refractivity (Wildman–Crippen MR) is 99.5 cm³/mol. The van der Waals surface area contributed by atoms with E-state index >= 15 is 0 Å². The van der Waals surface area contributed by atoms with Crippen LogP contribution in [0.25, 0.3) is 0 Å². The van der Waals surface area contributed by atoms with E-state index < -0.39 is 10.0 Å². The maximum atomic E-state index is 12.6. The number of hydrogen-bond acceptors (Lipinski definition) is 5. The number of morpholine rings is 1. The molecule has 2 fully saturated rings. The van der Waals surface area contributed by atoms with Crippen molar-refractivity contribution in [2.45, 2.75) is 24.7 Å². The first kappa shape index (κ1) is 19.3. The van der Waals surface area contributed by atoms with E-state index in [1.54, 1.807) is 24.3 Å². The number of piperidine rings is 1. The summed E-state index contributed by atoms with van der Waals surface area (Å²) in [7, 11) is -3.50. The second-order valence-corrected chi connectivity index (χ2v) is 9.01. The highest BCUT2D eigenvalue weighted by Crippen LogP contribution is 2.20. The fourth-order valence-corrected chi connectivity index (χ4v) is 4.89. The van der Waals surface area contributed by atoms with E-state index in [2.05, 4.69) is 17.1 Å². The van der Waals surface area contributed by atoms with Crippen LogP contribution in [-0.2, 0) is 19.6 Å². The Bertz CT molecular complexity index is 714. The van der Waals surface area contributed by atoms with Crippen LogP contribution in [0, 0.1) is 5.92 Å². The quantitative estimate of drug-likeness (QED) is 0.834. The number of amides is 1. The Hall–Kier alpha value is -1.48. The van der Waals surface area contributed by atoms with Gasteiger partial charge in [-0.1, -0.05) is 6.92 Å². The zero-order valence-electron chi connectivity index (χ0n) is 15.2. The molecule has 2 aliphatic heterocycles. The largest absolute Gasteiger partial charge is 0.379 e. The number of ether oxygens (including phenoxy) is 1. The molecule has 8 heteroatoms. The summed E-state index contributed by atoms with van der Waals surface area (Å²) < 4.78 is 31.8. The fraction of sp³-hybridized carbons (Fsp3) is 0.611. The summed E-state index contributed by atoms with van der Waals surface area (Å²) in [5, 5.41) is 2.85. The fourth-order valence-electron chi connectivity index (χ4n) is 3.48. The van der Waals surface area contributed by atoms with Crippen LogP contribution in [0.1, 0.15) is 19.8 Å². The first-order chi connectivity index (χ1) is 12.4. The summed E-state index contributed by atoms with van der Waals surface area (Å²) in [4.78, 5) is 14.6. The van der Waals surface area contributed by atoms with Crippen molar-refractivity contribution >= 4 is 21.6 Å². The Morgan fingerprint density at radius 2 is 1.88 bits per heavy atom. The molecular weight excluding hydrogens is 354 g/mol. The van der Waals surface area contributed by atoms with Gasteiger partial charge < -0.3 is 10.1 Å². The SMILES string of the molecule is C[C@@H]1CCCN(CC(=O)Nc2ccc(S(=O)(=O)N3CCOCC3)cc2)C1. The number of sulfonamides is 1. The van der Waals surface area contributed by atoms with E-state index in [0.29, 0.717) is 44.5 Å². The van der Waals surface area contributed by atoms with Gasteiger partial charge in [-0.15, -0.1) is 0 Å². The minimum absolute atomic E-state index is 0.0668. The van der Waals surface area contributed by atoms with Crippen molar-refractivity contribution in [3.05, 3.63) is 24.3 Å². The van der Waals surface area contributed by atoms with Crippen LogP contribution in [0.15, 0.2) is 29.2 Å². The highest BCUT2D eigenvalue weighted by molar-refractivity contribution is 7.89. The third-order valence-corrected chi connectivity index (χ3v) is 6.77. The number of benzene rings is 1. The van der Waals surface area contributed by atoms with Crippen molar-refractivity contribution in [2.75, 3.05) is 51.3 Å². The molecule has 26 heavy (non-hydrogen) atoms. The number of anilines is 1. The van der Waals surface area contributed by atoms with Gasteiger partial charge in [-0.25, -0.2) is 8.42 Å². The van der Waals surface area contributed by atoms with Gasteiger partial charge >= 0.3 is 0 Å². The van der Waals surface area contributed by atoms with Crippen molar-refractivity contribution in [2.24, 2.45) is 5.92 Å². The van der Waals surface area contributed by atoms with Crippen LogP contribution in [0.5, 0.6) is 0 Å². The number of rotatable bonds is 5. The third-order valence-electron chi connectivity index (χ3n) is 4.85. The molecule has 3 rings (SSSR count). The lowest BCUT2D eigenvalue weighted by Gasteiger charge is -2.30. The van der Waals surface area contributed by atoms with Gasteiger partial charge in [-0.3, -0.25) is 9.69 Å². The van der Waals surface area contributed by atoms with Crippen LogP contribution in [0.3, 0.4) is 0 Å². The van der Waals surface area contributed by atoms with E-state index in [0.717, 1.165) is 19.5 Å². The van der Waals surface area contributed by atoms with Crippen LogP contribution in [0.4, 0.5) is 5.69 Å². The summed E-state index contributed by atoms with van der Waals surface area (Å²) in [6.45, 7) is 6.06. The second kappa shape index (κ2) is 8.47. The highest BCUT2D eigenvalue weighted by Gasteiger charge is 2.26. The predicted octanol–water partition coefficient (Wildman–Crippen LogP) is 1.38. The number of carbonyl (C=O) groups excluding carboxylic acids is 1. The van der Waals surface area contributed by atoms with Gasteiger partial charge in [0.15, 0.2) is 0 Å². The minimum Gasteiger partial charge on any atom is -0.379 e. The molecule has 2 heterocycles. The van der Waals surface area contributed by atoms with Crippen LogP contribution in [0.2, 0.25) is 0 Å². The Morgan fingerprint density at radius 3 is 2.54 bits per heavy atom. The van der Waals surface area contributed by atoms with Crippen LogP contribution < -0.4 is 5.32 Å². The first-order valence-electron chi connectivity index (χ1n) is 9.15. The summed E-state index contributed by atoms with van der Waals surface area (Å²) >= 11 is 0. The molecule has 1 amide bonds. The van der Waals surface area contributed by atoms with Gasteiger partial charge in [0.1, 0.15) is 0 Å². The van der Waals surface area contributed by atoms with Crippen LogP contribution >= 0.6 is 0 Å². The van der Waals surface area contributed by atoms with Crippen molar-refractivity contribution in [3.8, 4) is 0 Å². The van der Waals surface area contributed by atoms with E-state index in [9.17, 15) is 13.2 Å². The van der Waals surface area contributed by atoms with Gasteiger partial charge in [-0.2, -0.15) is 4.31 Å². The summed E-state index contributed by atoms with van der Waals surface area (Å²) in [5.74, 6) is 0.559. The van der Waals surface area contributed by atoms with Gasteiger partial charge in [-0.05, 0) is 49.6 Å². The molecule has 1 N–H and O–H groups in total. The number of likely N-dealkylation sites (tertiary alicyclic amines) is 1. The molecule has 0 aliphatic carbocycles. The molecule has 1 atom stereocenters. The van der Waals surface area contributed by atoms with Gasteiger partial charge in [0.05, 0.1) is 24.7 Å². The van der Waals surface area contributed by atoms with Gasteiger partial charge in [0.25, 0.3) is 0 Å². The smallest absolute Gasteiger partial charge is 0.243 e. The summed E-state index contributed by atoms with van der Waals surface area (Å²) in [5.41, 5.74) is 0.612. The van der Waals surface area contributed by atoms with Crippen molar-refractivity contribution < 1.29 is 17.9 Å². The van der Waals surface area contributed by atoms with Crippen molar-refractivity contribution in [3.63, 3.8) is 0 Å². The molecule has 1 aromatic carbocycles. The monoisotopic (exact) mass is 381 g/mol. The molecule has 0 bridgehead atoms. The highest BCUT2D eigenvalue weighted by atomic mass is 32.2. The zero-order valence-corrected chi connectivity index (χ0v) is 16.0. The molecule has 7 nitrogen and oxygen atoms in total. The average Bonchev–Trinajstić information content (AvgIpc) is 2.63. The molecule has 0 aromatic heterocycles. The maximum absolute atomic E-state index is 12.6. The normalized spacial score (nSPS) is 22.9. The lowest BCUT2D eigenvalue weighted by atomic mass is 10.0. The number of nitrogens with one attached hydrogen (secondary N) is 1. The number of hydrogen-bond donors (Lipinski definition) is 1. The molecular formula is C18H27N3O4S. The topological polar surface area (TPSA) is 79.0 Å². The first-order valence-corrected chi connectivity index (χ1v) is 10.6. The molecule has 0 unspecified atom stereocenters. The maximum Gasteiger partial charge on any atom is 0.243 e. The van der Waals surface area contributed by atoms with Crippen molar-refractivity contribution in [1.82, 2.24) is 9.21 Å². The van der Waals surface area contributed by atoms with E-state index in [1.165, 1.54) is 10.7 Å². The molecule has 0 saturated carbocycles. The summed E-state index contributed by atoms with van der Waals surface area (Å²) in [6.07, 6.45) is 2.35. The van der Waals surface area contributed by atoms with E-state index in [4.69, 9.17) is 4.74 Å². The number of carbonyl (C=O) groups is 1. The molecule has 2 saturated heterocycles. The lowest BCUT2D eigenvalue weighted by Crippen LogP contribution is -2.40. The van der Waals surface area contributed by atoms with E-state index in [1.807, 2.05) is 0 Å². The Labute approximate surface area is 155 Å². The lowest BCUT2D eigenvalue weighted by molar-refractivity contribution is -0.117. The third kappa shape index (κ3) is 4.82. The molecule has 0 radical (unpaired) electrons. The van der Waals surface area contributed by atoms with Gasteiger partial charge in [0.2, 0.25) is 15.9 Å². The number of nitrogens with zero attached hydrogens (tertiary/aromatic N) is 2. The van der Waals surface area contributed by atoms with E-state index in [-0.39, 0.29) is 10.8 Å². The summed E-state index contributed by atoms with van der Waals surface area (Å²) in [6, 6.07) is 6.38. The Balaban J connectivity index is 1.57. The van der Waals surface area contributed by atoms with Crippen LogP contribution in [-0.4, -0.2) is 69.5 Å². The Morgan fingerprint density at radius 1 is 1.19 bits per heavy atom. The Kier molecular flexibility index (Phi) is 6.29. The molecule has 0 spiro atoms. The standard InChI is InChI=1S/C18H27N3O4S/c1-15-3-2-8-20(13-15)14-18(22)19-16-4-6-17(7-5-16)26(23,24)21-9-11-25-12-10-21/h4-7,15H,2-3,8-14H2,1H3,(H,19,22)/t15-/m1/s1. The van der Waals surface area contributed by atoms with Gasteiger partial charge in [0, 0.05) is 25.3 Å². The van der Waals surface area contributed by atoms with Crippen molar-refractivity contribution in [1.29, 1.82) is 0 Å². The molecule has 1 aromatic rings. The molecule has 144 valence electrons. The zero-order chi connectivity index (χ0) is 18.6. The minimum atomic E-state index is -3.50. The second-order valence-electron chi connectivity index (χ2n) is 7.07. The molecule has 2 aliphatic rings. The average molecular weight is 381 g/mol.